The van der Waals surface area contributed by atoms with Crippen LogP contribution in [-0.2, 0) is 11.3 Å². The van der Waals surface area contributed by atoms with Gasteiger partial charge in [-0.3, -0.25) is 4.90 Å². The molecule has 0 N–H and O–H groups in total. The van der Waals surface area contributed by atoms with E-state index in [1.54, 1.807) is 13.2 Å². The molecule has 2 nitrogen and oxygen atoms in total. The lowest BCUT2D eigenvalue weighted by Gasteiger charge is -2.15. The van der Waals surface area contributed by atoms with Crippen molar-refractivity contribution in [3.05, 3.63) is 34.1 Å². The third kappa shape index (κ3) is 3.03. The average molecular weight is 288 g/mol. The van der Waals surface area contributed by atoms with Crippen LogP contribution in [0.3, 0.4) is 0 Å². The van der Waals surface area contributed by atoms with Crippen molar-refractivity contribution >= 4 is 15.9 Å². The fourth-order valence-electron chi connectivity index (χ4n) is 2.09. The minimum absolute atomic E-state index is 0.188. The van der Waals surface area contributed by atoms with Crippen molar-refractivity contribution in [2.75, 3.05) is 20.2 Å². The molecule has 88 valence electrons. The second-order valence-electron chi connectivity index (χ2n) is 4.16. The van der Waals surface area contributed by atoms with Gasteiger partial charge >= 0.3 is 0 Å². The van der Waals surface area contributed by atoms with Crippen molar-refractivity contribution in [3.63, 3.8) is 0 Å². The van der Waals surface area contributed by atoms with Gasteiger partial charge in [-0.1, -0.05) is 15.9 Å². The van der Waals surface area contributed by atoms with E-state index in [0.717, 1.165) is 36.1 Å². The Kier molecular flexibility index (Phi) is 3.95. The highest BCUT2D eigenvalue weighted by Crippen LogP contribution is 2.19. The Balaban J connectivity index is 1.99. The quantitative estimate of drug-likeness (QED) is 0.848. The molecule has 1 heterocycles. The van der Waals surface area contributed by atoms with Gasteiger partial charge in [-0.25, -0.2) is 4.39 Å². The van der Waals surface area contributed by atoms with Crippen molar-refractivity contribution < 1.29 is 9.13 Å². The first-order valence-electron chi connectivity index (χ1n) is 5.37. The molecule has 0 bridgehead atoms. The maximum Gasteiger partial charge on any atom is 0.124 e. The van der Waals surface area contributed by atoms with Crippen LogP contribution in [0.15, 0.2) is 22.7 Å². The number of benzene rings is 1. The maximum atomic E-state index is 13.2. The fraction of sp³-hybridized carbons (Fsp3) is 0.500. The summed E-state index contributed by atoms with van der Waals surface area (Å²) in [7, 11) is 1.74. The molecular formula is C12H15BrFNO. The van der Waals surface area contributed by atoms with E-state index in [4.69, 9.17) is 4.74 Å². The minimum Gasteiger partial charge on any atom is -0.380 e. The van der Waals surface area contributed by atoms with Crippen LogP contribution in [0, 0.1) is 5.82 Å². The van der Waals surface area contributed by atoms with E-state index >= 15 is 0 Å². The molecule has 2 rings (SSSR count). The zero-order valence-corrected chi connectivity index (χ0v) is 10.8. The van der Waals surface area contributed by atoms with E-state index in [1.807, 2.05) is 6.07 Å². The summed E-state index contributed by atoms with van der Waals surface area (Å²) < 4.78 is 19.3. The molecule has 1 saturated heterocycles. The minimum atomic E-state index is -0.188. The van der Waals surface area contributed by atoms with Gasteiger partial charge in [-0.2, -0.15) is 0 Å². The highest BCUT2D eigenvalue weighted by Gasteiger charge is 2.21. The fourth-order valence-corrected chi connectivity index (χ4v) is 2.61. The zero-order valence-electron chi connectivity index (χ0n) is 9.25. The first-order valence-corrected chi connectivity index (χ1v) is 6.17. The molecule has 0 saturated carbocycles. The third-order valence-electron chi connectivity index (χ3n) is 2.89. The molecule has 1 atom stereocenters. The molecule has 0 amide bonds. The van der Waals surface area contributed by atoms with Crippen molar-refractivity contribution in [1.82, 2.24) is 4.90 Å². The average Bonchev–Trinajstić information content (AvgIpc) is 2.64. The van der Waals surface area contributed by atoms with E-state index in [-0.39, 0.29) is 5.82 Å². The molecule has 0 aliphatic carbocycles. The molecular weight excluding hydrogens is 273 g/mol. The second-order valence-corrected chi connectivity index (χ2v) is 5.07. The molecule has 4 heteroatoms. The highest BCUT2D eigenvalue weighted by molar-refractivity contribution is 9.10. The van der Waals surface area contributed by atoms with Crippen LogP contribution < -0.4 is 0 Å². The Morgan fingerprint density at radius 2 is 2.31 bits per heavy atom. The predicted octanol–water partition coefficient (Wildman–Crippen LogP) is 2.81. The second kappa shape index (κ2) is 5.25. The van der Waals surface area contributed by atoms with E-state index < -0.39 is 0 Å². The lowest BCUT2D eigenvalue weighted by molar-refractivity contribution is 0.107. The van der Waals surface area contributed by atoms with Gasteiger partial charge in [0.2, 0.25) is 0 Å². The number of rotatable bonds is 3. The smallest absolute Gasteiger partial charge is 0.124 e. The van der Waals surface area contributed by atoms with Crippen LogP contribution in [0.2, 0.25) is 0 Å². The van der Waals surface area contributed by atoms with Gasteiger partial charge in [-0.05, 0) is 30.2 Å². The number of ether oxygens (including phenoxy) is 1. The van der Waals surface area contributed by atoms with Gasteiger partial charge in [0, 0.05) is 31.2 Å². The van der Waals surface area contributed by atoms with Crippen LogP contribution in [0.1, 0.15) is 12.0 Å². The van der Waals surface area contributed by atoms with Crippen LogP contribution in [0.5, 0.6) is 0 Å². The number of hydrogen-bond acceptors (Lipinski definition) is 2. The molecule has 16 heavy (non-hydrogen) atoms. The summed E-state index contributed by atoms with van der Waals surface area (Å²) in [5, 5.41) is 0. The Morgan fingerprint density at radius 3 is 2.94 bits per heavy atom. The van der Waals surface area contributed by atoms with E-state index in [1.165, 1.54) is 6.07 Å². The topological polar surface area (TPSA) is 12.5 Å². The van der Waals surface area contributed by atoms with Gasteiger partial charge in [0.1, 0.15) is 5.82 Å². The van der Waals surface area contributed by atoms with Crippen molar-refractivity contribution in [3.8, 4) is 0 Å². The van der Waals surface area contributed by atoms with Crippen molar-refractivity contribution in [1.29, 1.82) is 0 Å². The Labute approximate surface area is 104 Å². The number of hydrogen-bond donors (Lipinski definition) is 0. The highest BCUT2D eigenvalue weighted by atomic mass is 79.9. The van der Waals surface area contributed by atoms with E-state index in [9.17, 15) is 4.39 Å². The zero-order chi connectivity index (χ0) is 11.5. The molecule has 1 unspecified atom stereocenters. The maximum absolute atomic E-state index is 13.2. The number of likely N-dealkylation sites (tertiary alicyclic amines) is 1. The van der Waals surface area contributed by atoms with Gasteiger partial charge in [-0.15, -0.1) is 0 Å². The predicted molar refractivity (Wildman–Crippen MR) is 64.8 cm³/mol. The third-order valence-corrected chi connectivity index (χ3v) is 3.35. The van der Waals surface area contributed by atoms with Gasteiger partial charge in [0.05, 0.1) is 6.10 Å². The SMILES string of the molecule is COC1CCN(Cc2cc(F)cc(Br)c2)C1. The summed E-state index contributed by atoms with van der Waals surface area (Å²) in [6.45, 7) is 2.74. The first-order chi connectivity index (χ1) is 7.67. The summed E-state index contributed by atoms with van der Waals surface area (Å²) in [4.78, 5) is 2.29. The van der Waals surface area contributed by atoms with Crippen LogP contribution in [0.4, 0.5) is 4.39 Å². The first kappa shape index (κ1) is 12.0. The summed E-state index contributed by atoms with van der Waals surface area (Å²) in [6, 6.07) is 5.03. The van der Waals surface area contributed by atoms with Gasteiger partial charge in [0.15, 0.2) is 0 Å². The summed E-state index contributed by atoms with van der Waals surface area (Å²) in [6.07, 6.45) is 1.39. The number of nitrogens with zero attached hydrogens (tertiary/aromatic N) is 1. The normalized spacial score (nSPS) is 21.6. The largest absolute Gasteiger partial charge is 0.380 e. The lowest BCUT2D eigenvalue weighted by atomic mass is 10.2. The number of methoxy groups -OCH3 is 1. The number of halogens is 2. The molecule has 0 aromatic heterocycles. The summed E-state index contributed by atoms with van der Waals surface area (Å²) in [5.41, 5.74) is 1.00. The van der Waals surface area contributed by atoms with Crippen LogP contribution in [-0.4, -0.2) is 31.2 Å². The molecule has 0 radical (unpaired) electrons. The Hall–Kier alpha value is -0.450. The molecule has 0 spiro atoms. The van der Waals surface area contributed by atoms with Gasteiger partial charge < -0.3 is 4.74 Å². The summed E-state index contributed by atoms with van der Waals surface area (Å²) >= 11 is 3.30. The monoisotopic (exact) mass is 287 g/mol. The van der Waals surface area contributed by atoms with Gasteiger partial charge in [0.25, 0.3) is 0 Å². The molecule has 1 fully saturated rings. The standard InChI is InChI=1S/C12H15BrFNO/c1-16-12-2-3-15(8-12)7-9-4-10(13)6-11(14)5-9/h4-6,12H,2-3,7-8H2,1H3. The van der Waals surface area contributed by atoms with E-state index in [0.29, 0.717) is 6.10 Å². The van der Waals surface area contributed by atoms with Crippen LogP contribution in [0.25, 0.3) is 0 Å². The van der Waals surface area contributed by atoms with Crippen molar-refractivity contribution in [2.45, 2.75) is 19.1 Å². The van der Waals surface area contributed by atoms with E-state index in [2.05, 4.69) is 20.8 Å². The molecule has 1 aliphatic heterocycles. The molecule has 1 aromatic carbocycles. The Morgan fingerprint density at radius 1 is 1.50 bits per heavy atom. The summed E-state index contributed by atoms with van der Waals surface area (Å²) in [5.74, 6) is -0.188. The Bertz CT molecular complexity index is 352. The van der Waals surface area contributed by atoms with Crippen molar-refractivity contribution in [2.24, 2.45) is 0 Å². The lowest BCUT2D eigenvalue weighted by Crippen LogP contribution is -2.22. The molecule has 1 aromatic rings. The van der Waals surface area contributed by atoms with Crippen LogP contribution >= 0.6 is 15.9 Å². The molecule has 1 aliphatic rings.